The molecule has 0 radical (unpaired) electrons. The van der Waals surface area contributed by atoms with E-state index in [0.717, 1.165) is 5.56 Å². The van der Waals surface area contributed by atoms with Crippen molar-refractivity contribution in [1.82, 2.24) is 4.98 Å². The van der Waals surface area contributed by atoms with Gasteiger partial charge in [0.1, 0.15) is 23.0 Å². The highest BCUT2D eigenvalue weighted by molar-refractivity contribution is 9.10. The van der Waals surface area contributed by atoms with E-state index in [1.807, 2.05) is 38.1 Å². The molecule has 3 rings (SSSR count). The molecule has 128 valence electrons. The molecule has 2 heterocycles. The number of aromatic nitrogens is 1. The van der Waals surface area contributed by atoms with Gasteiger partial charge in [0, 0.05) is 11.9 Å². The molecule has 0 aliphatic carbocycles. The molecule has 0 bridgehead atoms. The first-order valence-corrected chi connectivity index (χ1v) is 8.50. The third-order valence-corrected chi connectivity index (χ3v) is 4.66. The van der Waals surface area contributed by atoms with Crippen molar-refractivity contribution < 1.29 is 13.9 Å². The molecular formula is C19H17BrN2O3. The molecule has 0 saturated heterocycles. The standard InChI is InChI=1S/C19H17BrN2O3/c1-11-9-14(6-7-16(11)25-15-5-4-8-21-10-15)22-19(23)17-12(2)24-13(3)18(17)20/h4-10H,1-3H3,(H,22,23). The van der Waals surface area contributed by atoms with E-state index in [-0.39, 0.29) is 5.91 Å². The molecule has 3 aromatic rings. The van der Waals surface area contributed by atoms with Crippen molar-refractivity contribution in [2.75, 3.05) is 5.32 Å². The van der Waals surface area contributed by atoms with Crippen molar-refractivity contribution in [3.05, 3.63) is 69.8 Å². The van der Waals surface area contributed by atoms with Crippen molar-refractivity contribution in [2.45, 2.75) is 20.8 Å². The number of benzene rings is 1. The largest absolute Gasteiger partial charge is 0.465 e. The molecule has 6 heteroatoms. The highest BCUT2D eigenvalue weighted by atomic mass is 79.9. The number of anilines is 1. The van der Waals surface area contributed by atoms with E-state index >= 15 is 0 Å². The first-order chi connectivity index (χ1) is 12.0. The van der Waals surface area contributed by atoms with Crippen LogP contribution in [0.3, 0.4) is 0 Å². The summed E-state index contributed by atoms with van der Waals surface area (Å²) in [4.78, 5) is 16.5. The number of halogens is 1. The number of carbonyl (C=O) groups excluding carboxylic acids is 1. The molecular weight excluding hydrogens is 384 g/mol. The van der Waals surface area contributed by atoms with Crippen LogP contribution in [0, 0.1) is 20.8 Å². The van der Waals surface area contributed by atoms with Crippen LogP contribution in [0.2, 0.25) is 0 Å². The molecule has 0 spiro atoms. The maximum atomic E-state index is 12.5. The summed E-state index contributed by atoms with van der Waals surface area (Å²) >= 11 is 3.40. The lowest BCUT2D eigenvalue weighted by atomic mass is 10.2. The first kappa shape index (κ1) is 17.2. The second kappa shape index (κ2) is 7.11. The smallest absolute Gasteiger partial charge is 0.260 e. The van der Waals surface area contributed by atoms with E-state index in [1.165, 1.54) is 0 Å². The molecule has 2 aromatic heterocycles. The SMILES string of the molecule is Cc1cc(NC(=O)c2c(C)oc(C)c2Br)ccc1Oc1cccnc1. The number of furan rings is 1. The molecule has 0 atom stereocenters. The topological polar surface area (TPSA) is 64.4 Å². The Morgan fingerprint density at radius 1 is 1.20 bits per heavy atom. The van der Waals surface area contributed by atoms with Gasteiger partial charge < -0.3 is 14.5 Å². The highest BCUT2D eigenvalue weighted by Crippen LogP contribution is 2.30. The zero-order valence-electron chi connectivity index (χ0n) is 14.1. The average molecular weight is 401 g/mol. The van der Waals surface area contributed by atoms with Gasteiger partial charge >= 0.3 is 0 Å². The fourth-order valence-electron chi connectivity index (χ4n) is 2.49. The van der Waals surface area contributed by atoms with Gasteiger partial charge in [-0.2, -0.15) is 0 Å². The second-order valence-corrected chi connectivity index (χ2v) is 6.42. The monoisotopic (exact) mass is 400 g/mol. The number of ether oxygens (including phenoxy) is 1. The summed E-state index contributed by atoms with van der Waals surface area (Å²) in [5, 5.41) is 2.89. The van der Waals surface area contributed by atoms with Gasteiger partial charge in [0.2, 0.25) is 0 Å². The van der Waals surface area contributed by atoms with E-state index in [4.69, 9.17) is 9.15 Å². The quantitative estimate of drug-likeness (QED) is 0.635. The van der Waals surface area contributed by atoms with Crippen molar-refractivity contribution in [2.24, 2.45) is 0 Å². The summed E-state index contributed by atoms with van der Waals surface area (Å²) in [5.74, 6) is 2.41. The molecule has 0 saturated carbocycles. The van der Waals surface area contributed by atoms with E-state index in [1.54, 1.807) is 25.4 Å². The minimum Gasteiger partial charge on any atom is -0.465 e. The van der Waals surface area contributed by atoms with Crippen LogP contribution in [0.15, 0.2) is 51.6 Å². The van der Waals surface area contributed by atoms with Crippen molar-refractivity contribution in [3.8, 4) is 11.5 Å². The van der Waals surface area contributed by atoms with Gasteiger partial charge in [0.25, 0.3) is 5.91 Å². The number of pyridine rings is 1. The van der Waals surface area contributed by atoms with Crippen molar-refractivity contribution >= 4 is 27.5 Å². The van der Waals surface area contributed by atoms with E-state index in [2.05, 4.69) is 26.2 Å². The van der Waals surface area contributed by atoms with E-state index in [0.29, 0.717) is 38.7 Å². The number of nitrogens with zero attached hydrogens (tertiary/aromatic N) is 1. The molecule has 5 nitrogen and oxygen atoms in total. The number of carbonyl (C=O) groups is 1. The van der Waals surface area contributed by atoms with Crippen LogP contribution in [-0.2, 0) is 0 Å². The Morgan fingerprint density at radius 2 is 2.00 bits per heavy atom. The minimum atomic E-state index is -0.221. The number of hydrogen-bond donors (Lipinski definition) is 1. The lowest BCUT2D eigenvalue weighted by Gasteiger charge is -2.11. The molecule has 25 heavy (non-hydrogen) atoms. The van der Waals surface area contributed by atoms with Crippen LogP contribution in [0.25, 0.3) is 0 Å². The summed E-state index contributed by atoms with van der Waals surface area (Å²) in [6.07, 6.45) is 3.34. The van der Waals surface area contributed by atoms with Crippen molar-refractivity contribution in [1.29, 1.82) is 0 Å². The maximum Gasteiger partial charge on any atom is 0.260 e. The lowest BCUT2D eigenvalue weighted by Crippen LogP contribution is -2.13. The van der Waals surface area contributed by atoms with Gasteiger partial charge in [0.15, 0.2) is 0 Å². The maximum absolute atomic E-state index is 12.5. The van der Waals surface area contributed by atoms with Crippen LogP contribution >= 0.6 is 15.9 Å². The fraction of sp³-hybridized carbons (Fsp3) is 0.158. The highest BCUT2D eigenvalue weighted by Gasteiger charge is 2.20. The average Bonchev–Trinajstić information content (AvgIpc) is 2.83. The zero-order chi connectivity index (χ0) is 18.0. The Labute approximate surface area is 154 Å². The van der Waals surface area contributed by atoms with Crippen LogP contribution in [0.4, 0.5) is 5.69 Å². The molecule has 0 aliphatic heterocycles. The summed E-state index contributed by atoms with van der Waals surface area (Å²) < 4.78 is 12.0. The predicted octanol–water partition coefficient (Wildman–Crippen LogP) is 5.41. The Bertz CT molecular complexity index is 920. The molecule has 1 amide bonds. The number of nitrogens with one attached hydrogen (secondary N) is 1. The minimum absolute atomic E-state index is 0.221. The van der Waals surface area contributed by atoms with Crippen LogP contribution < -0.4 is 10.1 Å². The lowest BCUT2D eigenvalue weighted by molar-refractivity contribution is 0.102. The van der Waals surface area contributed by atoms with Gasteiger partial charge in [0.05, 0.1) is 16.2 Å². The fourth-order valence-corrected chi connectivity index (χ4v) is 3.03. The van der Waals surface area contributed by atoms with Gasteiger partial charge in [-0.1, -0.05) is 0 Å². The second-order valence-electron chi connectivity index (χ2n) is 5.63. The molecule has 0 unspecified atom stereocenters. The Balaban J connectivity index is 1.78. The van der Waals surface area contributed by atoms with Crippen LogP contribution in [0.1, 0.15) is 27.4 Å². The van der Waals surface area contributed by atoms with Crippen LogP contribution in [0.5, 0.6) is 11.5 Å². The van der Waals surface area contributed by atoms with Gasteiger partial charge in [-0.05, 0) is 72.6 Å². The Hall–Kier alpha value is -2.60. The normalized spacial score (nSPS) is 10.6. The summed E-state index contributed by atoms with van der Waals surface area (Å²) in [6, 6.07) is 9.13. The van der Waals surface area contributed by atoms with E-state index < -0.39 is 0 Å². The molecule has 1 N–H and O–H groups in total. The summed E-state index contributed by atoms with van der Waals surface area (Å²) in [6.45, 7) is 5.50. The Kier molecular flexibility index (Phi) is 4.90. The predicted molar refractivity (Wildman–Crippen MR) is 99.3 cm³/mol. The number of amides is 1. The summed E-state index contributed by atoms with van der Waals surface area (Å²) in [5.41, 5.74) is 2.10. The van der Waals surface area contributed by atoms with Gasteiger partial charge in [-0.15, -0.1) is 0 Å². The van der Waals surface area contributed by atoms with Crippen LogP contribution in [-0.4, -0.2) is 10.9 Å². The summed E-state index contributed by atoms with van der Waals surface area (Å²) in [7, 11) is 0. The zero-order valence-corrected chi connectivity index (χ0v) is 15.7. The number of rotatable bonds is 4. The van der Waals surface area contributed by atoms with Gasteiger partial charge in [-0.25, -0.2) is 0 Å². The third kappa shape index (κ3) is 3.74. The molecule has 1 aromatic carbocycles. The first-order valence-electron chi connectivity index (χ1n) is 7.71. The Morgan fingerprint density at radius 3 is 2.60 bits per heavy atom. The van der Waals surface area contributed by atoms with Gasteiger partial charge in [-0.3, -0.25) is 9.78 Å². The third-order valence-electron chi connectivity index (χ3n) is 3.71. The number of aryl methyl sites for hydroxylation is 3. The van der Waals surface area contributed by atoms with E-state index in [9.17, 15) is 4.79 Å². The molecule has 0 aliphatic rings. The molecule has 0 fully saturated rings. The van der Waals surface area contributed by atoms with Crippen molar-refractivity contribution in [3.63, 3.8) is 0 Å². The number of hydrogen-bond acceptors (Lipinski definition) is 4.